The second-order valence-corrected chi connectivity index (χ2v) is 5.85. The van der Waals surface area contributed by atoms with E-state index in [1.165, 1.54) is 23.6 Å². The first-order chi connectivity index (χ1) is 12.2. The summed E-state index contributed by atoms with van der Waals surface area (Å²) in [5.74, 6) is 0. The van der Waals surface area contributed by atoms with Crippen LogP contribution in [0.2, 0.25) is 0 Å². The standard InChI is InChI=1S/C18H12N4O2S/c19-10-14(11-20-15-8-4-5-9-17(15)22(23)24)18-21-16(12-25-18)13-6-2-1-3-7-13/h1-9,11-12,20H/b14-11-. The van der Waals surface area contributed by atoms with Crippen LogP contribution in [0.25, 0.3) is 16.8 Å². The molecule has 1 N–H and O–H groups in total. The van der Waals surface area contributed by atoms with E-state index >= 15 is 0 Å². The van der Waals surface area contributed by atoms with E-state index in [1.54, 1.807) is 18.2 Å². The number of thiazole rings is 1. The molecular formula is C18H12N4O2S. The number of anilines is 1. The fraction of sp³-hybridized carbons (Fsp3) is 0. The molecule has 0 spiro atoms. The largest absolute Gasteiger partial charge is 0.355 e. The Morgan fingerprint density at radius 3 is 2.64 bits per heavy atom. The highest BCUT2D eigenvalue weighted by atomic mass is 32.1. The normalized spacial score (nSPS) is 10.9. The molecule has 2 aromatic carbocycles. The molecule has 0 unspecified atom stereocenters. The van der Waals surface area contributed by atoms with Crippen molar-refractivity contribution in [1.82, 2.24) is 4.98 Å². The van der Waals surface area contributed by atoms with Crippen molar-refractivity contribution >= 4 is 28.3 Å². The van der Waals surface area contributed by atoms with E-state index in [2.05, 4.69) is 16.4 Å². The minimum absolute atomic E-state index is 0.0554. The number of hydrogen-bond acceptors (Lipinski definition) is 6. The van der Waals surface area contributed by atoms with E-state index in [4.69, 9.17) is 0 Å². The average Bonchev–Trinajstić information content (AvgIpc) is 3.13. The maximum atomic E-state index is 11.0. The maximum absolute atomic E-state index is 11.0. The van der Waals surface area contributed by atoms with Gasteiger partial charge in [-0.15, -0.1) is 11.3 Å². The number of aromatic nitrogens is 1. The quantitative estimate of drug-likeness (QED) is 0.410. The maximum Gasteiger partial charge on any atom is 0.292 e. The van der Waals surface area contributed by atoms with Crippen molar-refractivity contribution in [2.75, 3.05) is 5.32 Å². The van der Waals surface area contributed by atoms with Gasteiger partial charge in [0.15, 0.2) is 0 Å². The van der Waals surface area contributed by atoms with E-state index in [-0.39, 0.29) is 5.69 Å². The van der Waals surface area contributed by atoms with Gasteiger partial charge >= 0.3 is 0 Å². The Bertz CT molecular complexity index is 974. The Hall–Kier alpha value is -3.50. The molecule has 0 aliphatic heterocycles. The Morgan fingerprint density at radius 1 is 1.20 bits per heavy atom. The average molecular weight is 348 g/mol. The summed E-state index contributed by atoms with van der Waals surface area (Å²) in [4.78, 5) is 15.0. The molecule has 1 aromatic heterocycles. The summed E-state index contributed by atoms with van der Waals surface area (Å²) >= 11 is 1.35. The predicted molar refractivity (Wildman–Crippen MR) is 97.9 cm³/mol. The van der Waals surface area contributed by atoms with Crippen LogP contribution >= 0.6 is 11.3 Å². The number of nitrogens with zero attached hydrogens (tertiary/aromatic N) is 3. The summed E-state index contributed by atoms with van der Waals surface area (Å²) in [6, 6.07) is 18.0. The topological polar surface area (TPSA) is 91.8 Å². The van der Waals surface area contributed by atoms with Gasteiger partial charge in [-0.1, -0.05) is 42.5 Å². The van der Waals surface area contributed by atoms with Crippen LogP contribution in [0.3, 0.4) is 0 Å². The van der Waals surface area contributed by atoms with Gasteiger partial charge in [-0.25, -0.2) is 4.98 Å². The van der Waals surface area contributed by atoms with Gasteiger partial charge in [0, 0.05) is 23.2 Å². The summed E-state index contributed by atoms with van der Waals surface area (Å²) in [5, 5.41) is 25.7. The number of rotatable bonds is 5. The molecule has 1 heterocycles. The van der Waals surface area contributed by atoms with Crippen molar-refractivity contribution in [1.29, 1.82) is 5.26 Å². The van der Waals surface area contributed by atoms with Crippen LogP contribution in [0.1, 0.15) is 5.01 Å². The van der Waals surface area contributed by atoms with Crippen LogP contribution in [0.5, 0.6) is 0 Å². The molecule has 0 amide bonds. The lowest BCUT2D eigenvalue weighted by atomic mass is 10.2. The Balaban J connectivity index is 1.87. The summed E-state index contributed by atoms with van der Waals surface area (Å²) in [5.41, 5.74) is 2.33. The van der Waals surface area contributed by atoms with Gasteiger partial charge in [-0.05, 0) is 6.07 Å². The molecule has 0 bridgehead atoms. The Kier molecular flexibility index (Phi) is 4.83. The van der Waals surface area contributed by atoms with Gasteiger partial charge in [0.25, 0.3) is 5.69 Å². The number of para-hydroxylation sites is 2. The molecule has 0 atom stereocenters. The molecule has 122 valence electrons. The number of nitro groups is 1. The zero-order valence-electron chi connectivity index (χ0n) is 12.9. The molecule has 3 aromatic rings. The first-order valence-electron chi connectivity index (χ1n) is 7.30. The van der Waals surface area contributed by atoms with E-state index in [1.807, 2.05) is 35.7 Å². The van der Waals surface area contributed by atoms with Crippen molar-refractivity contribution in [3.63, 3.8) is 0 Å². The first-order valence-corrected chi connectivity index (χ1v) is 8.18. The van der Waals surface area contributed by atoms with E-state index < -0.39 is 4.92 Å². The molecule has 0 aliphatic carbocycles. The first kappa shape index (κ1) is 16.4. The number of allylic oxidation sites excluding steroid dienone is 1. The highest BCUT2D eigenvalue weighted by molar-refractivity contribution is 7.11. The molecule has 7 heteroatoms. The third kappa shape index (κ3) is 3.71. The van der Waals surface area contributed by atoms with E-state index in [0.717, 1.165) is 11.3 Å². The molecule has 6 nitrogen and oxygen atoms in total. The fourth-order valence-electron chi connectivity index (χ4n) is 2.19. The second kappa shape index (κ2) is 7.38. The number of nitriles is 1. The molecule has 0 saturated carbocycles. The van der Waals surface area contributed by atoms with Gasteiger partial charge in [0.2, 0.25) is 0 Å². The van der Waals surface area contributed by atoms with E-state index in [9.17, 15) is 15.4 Å². The molecule has 0 radical (unpaired) electrons. The van der Waals surface area contributed by atoms with Crippen LogP contribution in [-0.4, -0.2) is 9.91 Å². The highest BCUT2D eigenvalue weighted by Crippen LogP contribution is 2.27. The van der Waals surface area contributed by atoms with Crippen molar-refractivity contribution < 1.29 is 4.92 Å². The summed E-state index contributed by atoms with van der Waals surface area (Å²) < 4.78 is 0. The zero-order valence-corrected chi connectivity index (χ0v) is 13.7. The third-order valence-electron chi connectivity index (χ3n) is 3.40. The van der Waals surface area contributed by atoms with Gasteiger partial charge in [-0.2, -0.15) is 5.26 Å². The fourth-order valence-corrected chi connectivity index (χ4v) is 2.98. The van der Waals surface area contributed by atoms with Crippen LogP contribution < -0.4 is 5.32 Å². The summed E-state index contributed by atoms with van der Waals surface area (Å²) in [6.45, 7) is 0. The van der Waals surface area contributed by atoms with E-state index in [0.29, 0.717) is 16.3 Å². The van der Waals surface area contributed by atoms with Gasteiger partial charge in [-0.3, -0.25) is 10.1 Å². The van der Waals surface area contributed by atoms with Gasteiger partial charge < -0.3 is 5.32 Å². The van der Waals surface area contributed by atoms with Crippen molar-refractivity contribution in [3.8, 4) is 17.3 Å². The number of hydrogen-bond donors (Lipinski definition) is 1. The lowest BCUT2D eigenvalue weighted by Gasteiger charge is -2.02. The lowest BCUT2D eigenvalue weighted by Crippen LogP contribution is -1.96. The molecule has 0 fully saturated rings. The van der Waals surface area contributed by atoms with Crippen molar-refractivity contribution in [2.45, 2.75) is 0 Å². The third-order valence-corrected chi connectivity index (χ3v) is 4.27. The van der Waals surface area contributed by atoms with Crippen LogP contribution in [0.15, 0.2) is 66.2 Å². The van der Waals surface area contributed by atoms with Crippen LogP contribution in [-0.2, 0) is 0 Å². The minimum atomic E-state index is -0.473. The summed E-state index contributed by atoms with van der Waals surface area (Å²) in [7, 11) is 0. The minimum Gasteiger partial charge on any atom is -0.355 e. The van der Waals surface area contributed by atoms with Gasteiger partial charge in [0.1, 0.15) is 22.3 Å². The molecular weight excluding hydrogens is 336 g/mol. The zero-order chi connectivity index (χ0) is 17.6. The molecule has 0 saturated heterocycles. The Morgan fingerprint density at radius 2 is 1.92 bits per heavy atom. The van der Waals surface area contributed by atoms with Crippen LogP contribution in [0, 0.1) is 21.4 Å². The SMILES string of the molecule is N#C/C(=C/Nc1ccccc1[N+](=O)[O-])c1nc(-c2ccccc2)cs1. The monoisotopic (exact) mass is 348 g/mol. The smallest absolute Gasteiger partial charge is 0.292 e. The number of benzene rings is 2. The molecule has 0 aliphatic rings. The van der Waals surface area contributed by atoms with Crippen molar-refractivity contribution in [3.05, 3.63) is 81.3 Å². The lowest BCUT2D eigenvalue weighted by molar-refractivity contribution is -0.383. The van der Waals surface area contributed by atoms with Crippen molar-refractivity contribution in [2.24, 2.45) is 0 Å². The Labute approximate surface area is 147 Å². The van der Waals surface area contributed by atoms with Crippen LogP contribution in [0.4, 0.5) is 11.4 Å². The highest BCUT2D eigenvalue weighted by Gasteiger charge is 2.13. The molecule has 25 heavy (non-hydrogen) atoms. The second-order valence-electron chi connectivity index (χ2n) is 4.99. The number of nitro benzene ring substituents is 1. The predicted octanol–water partition coefficient (Wildman–Crippen LogP) is 4.69. The number of nitrogens with one attached hydrogen (secondary N) is 1. The van der Waals surface area contributed by atoms with Gasteiger partial charge in [0.05, 0.1) is 10.6 Å². The summed E-state index contributed by atoms with van der Waals surface area (Å²) in [6.07, 6.45) is 1.44. The molecule has 3 rings (SSSR count).